The Morgan fingerprint density at radius 3 is 1.93 bits per heavy atom. The number of hydrazine groups is 1. The van der Waals surface area contributed by atoms with E-state index in [1.54, 1.807) is 30.5 Å². The van der Waals surface area contributed by atoms with E-state index >= 15 is 0 Å². The van der Waals surface area contributed by atoms with Crippen molar-refractivity contribution < 1.29 is 4.21 Å². The van der Waals surface area contributed by atoms with Crippen LogP contribution in [0, 0.1) is 0 Å². The van der Waals surface area contributed by atoms with E-state index in [0.29, 0.717) is 0 Å². The normalized spacial score (nSPS) is 10.3. The lowest BCUT2D eigenvalue weighted by Gasteiger charge is -1.99. The number of hydrogen-bond acceptors (Lipinski definition) is 4. The van der Waals surface area contributed by atoms with Gasteiger partial charge >= 0.3 is 0 Å². The van der Waals surface area contributed by atoms with Crippen LogP contribution in [0.3, 0.4) is 0 Å². The molecule has 0 bridgehead atoms. The van der Waals surface area contributed by atoms with Gasteiger partial charge in [0.15, 0.2) is 0 Å². The van der Waals surface area contributed by atoms with Crippen LogP contribution in [-0.2, 0) is 10.8 Å². The van der Waals surface area contributed by atoms with Crippen LogP contribution in [0.25, 0.3) is 0 Å². The molecular weight excluding hydrogens is 222 g/mol. The molecule has 0 saturated heterocycles. The third-order valence-corrected chi connectivity index (χ3v) is 2.29. The van der Waals surface area contributed by atoms with E-state index in [9.17, 15) is 4.21 Å². The number of rotatable bonds is 2. The molecule has 0 fully saturated rings. The lowest BCUT2D eigenvalue weighted by atomic mass is 10.3. The SMILES string of the molecule is CN.CS(=O)c1ccc(NN)cc1.Cl. The summed E-state index contributed by atoms with van der Waals surface area (Å²) in [4.78, 5) is 0.809. The zero-order chi connectivity index (χ0) is 10.3. The van der Waals surface area contributed by atoms with Crippen molar-refractivity contribution in [3.8, 4) is 0 Å². The third kappa shape index (κ3) is 5.18. The Hall–Kier alpha value is -0.620. The Bertz CT molecular complexity index is 266. The van der Waals surface area contributed by atoms with Crippen LogP contribution in [-0.4, -0.2) is 17.5 Å². The Kier molecular flexibility index (Phi) is 10.1. The highest BCUT2D eigenvalue weighted by molar-refractivity contribution is 7.84. The van der Waals surface area contributed by atoms with Gasteiger partial charge in [0.1, 0.15) is 0 Å². The number of nitrogens with two attached hydrogens (primary N) is 2. The van der Waals surface area contributed by atoms with Gasteiger partial charge in [0.05, 0.1) is 0 Å². The number of anilines is 1. The molecule has 5 N–H and O–H groups in total. The van der Waals surface area contributed by atoms with Gasteiger partial charge in [0, 0.05) is 27.6 Å². The summed E-state index contributed by atoms with van der Waals surface area (Å²) in [5.41, 5.74) is 7.81. The van der Waals surface area contributed by atoms with E-state index in [2.05, 4.69) is 11.2 Å². The summed E-state index contributed by atoms with van der Waals surface area (Å²) in [5, 5.41) is 0. The minimum absolute atomic E-state index is 0. The van der Waals surface area contributed by atoms with Crippen LogP contribution in [0.4, 0.5) is 5.69 Å². The second kappa shape index (κ2) is 8.96. The van der Waals surface area contributed by atoms with Crippen LogP contribution in [0.15, 0.2) is 29.2 Å². The minimum Gasteiger partial charge on any atom is -0.333 e. The van der Waals surface area contributed by atoms with Crippen LogP contribution >= 0.6 is 12.4 Å². The highest BCUT2D eigenvalue weighted by atomic mass is 35.5. The predicted octanol–water partition coefficient (Wildman–Crippen LogP) is 0.706. The van der Waals surface area contributed by atoms with Gasteiger partial charge in [0.25, 0.3) is 0 Å². The van der Waals surface area contributed by atoms with Crippen molar-refractivity contribution in [1.82, 2.24) is 0 Å². The van der Waals surface area contributed by atoms with E-state index < -0.39 is 10.8 Å². The van der Waals surface area contributed by atoms with E-state index in [0.717, 1.165) is 10.6 Å². The molecule has 6 heteroatoms. The van der Waals surface area contributed by atoms with E-state index in [1.165, 1.54) is 7.05 Å². The molecule has 0 aliphatic carbocycles. The summed E-state index contributed by atoms with van der Waals surface area (Å²) in [6.07, 6.45) is 1.64. The molecule has 1 unspecified atom stereocenters. The molecule has 0 spiro atoms. The maximum Gasteiger partial charge on any atom is 0.0498 e. The first-order valence-electron chi connectivity index (χ1n) is 3.72. The molecule has 1 atom stereocenters. The van der Waals surface area contributed by atoms with Crippen LogP contribution in [0.5, 0.6) is 0 Å². The second-order valence-corrected chi connectivity index (χ2v) is 3.50. The fraction of sp³-hybridized carbons (Fsp3) is 0.250. The largest absolute Gasteiger partial charge is 0.333 e. The fourth-order valence-electron chi connectivity index (χ4n) is 0.743. The first-order chi connectivity index (χ1) is 6.24. The molecule has 1 rings (SSSR count). The summed E-state index contributed by atoms with van der Waals surface area (Å²) in [7, 11) is 0.592. The smallest absolute Gasteiger partial charge is 0.0498 e. The van der Waals surface area contributed by atoms with Crippen LogP contribution < -0.4 is 17.0 Å². The Balaban J connectivity index is 0. The molecule has 0 heterocycles. The fourth-order valence-corrected chi connectivity index (χ4v) is 1.26. The maximum absolute atomic E-state index is 10.9. The Labute approximate surface area is 92.9 Å². The lowest BCUT2D eigenvalue weighted by molar-refractivity contribution is 0.687. The van der Waals surface area contributed by atoms with Gasteiger partial charge in [-0.1, -0.05) is 0 Å². The summed E-state index contributed by atoms with van der Waals surface area (Å²) in [6, 6.07) is 7.14. The molecule has 1 aromatic rings. The van der Waals surface area contributed by atoms with Gasteiger partial charge in [0.2, 0.25) is 0 Å². The van der Waals surface area contributed by atoms with Gasteiger partial charge in [-0.05, 0) is 31.3 Å². The van der Waals surface area contributed by atoms with Gasteiger partial charge in [-0.15, -0.1) is 12.4 Å². The Morgan fingerprint density at radius 2 is 1.64 bits per heavy atom. The molecule has 14 heavy (non-hydrogen) atoms. The quantitative estimate of drug-likeness (QED) is 0.523. The average molecular weight is 238 g/mol. The molecule has 0 saturated carbocycles. The average Bonchev–Trinajstić information content (AvgIpc) is 2.21. The number of benzene rings is 1. The number of hydrogen-bond donors (Lipinski definition) is 3. The molecule has 0 aliphatic rings. The molecule has 4 nitrogen and oxygen atoms in total. The van der Waals surface area contributed by atoms with E-state index in [-0.39, 0.29) is 12.4 Å². The summed E-state index contributed by atoms with van der Waals surface area (Å²) >= 11 is 0. The molecule has 0 aliphatic heterocycles. The van der Waals surface area contributed by atoms with Crippen molar-refractivity contribution >= 4 is 28.9 Å². The standard InChI is InChI=1S/C7H10N2OS.CH5N.ClH/c1-11(10)7-4-2-6(9-8)3-5-7;1-2;/h2-5,9H,8H2,1H3;2H2,1H3;1H. The highest BCUT2D eigenvalue weighted by Gasteiger charge is 1.95. The number of halogens is 1. The van der Waals surface area contributed by atoms with Gasteiger partial charge < -0.3 is 11.2 Å². The molecule has 0 radical (unpaired) electrons. The number of nitrogens with one attached hydrogen (secondary N) is 1. The summed E-state index contributed by atoms with van der Waals surface area (Å²) < 4.78 is 10.9. The zero-order valence-electron chi connectivity index (χ0n) is 8.19. The second-order valence-electron chi connectivity index (χ2n) is 2.12. The number of nitrogen functional groups attached to an aromatic ring is 1. The molecule has 0 aromatic heterocycles. The molecule has 1 aromatic carbocycles. The Morgan fingerprint density at radius 1 is 1.21 bits per heavy atom. The van der Waals surface area contributed by atoms with Crippen molar-refractivity contribution in [2.24, 2.45) is 11.6 Å². The van der Waals surface area contributed by atoms with Gasteiger partial charge in [-0.25, -0.2) is 0 Å². The first-order valence-corrected chi connectivity index (χ1v) is 5.27. The van der Waals surface area contributed by atoms with Gasteiger partial charge in [-0.3, -0.25) is 10.1 Å². The zero-order valence-corrected chi connectivity index (χ0v) is 9.82. The van der Waals surface area contributed by atoms with E-state index in [1.807, 2.05) is 0 Å². The van der Waals surface area contributed by atoms with Crippen molar-refractivity contribution in [3.05, 3.63) is 24.3 Å². The predicted molar refractivity (Wildman–Crippen MR) is 63.9 cm³/mol. The first kappa shape index (κ1) is 15.8. The monoisotopic (exact) mass is 237 g/mol. The topological polar surface area (TPSA) is 81.1 Å². The third-order valence-electron chi connectivity index (χ3n) is 1.35. The summed E-state index contributed by atoms with van der Waals surface area (Å²) in [5.74, 6) is 5.15. The van der Waals surface area contributed by atoms with E-state index in [4.69, 9.17) is 5.84 Å². The van der Waals surface area contributed by atoms with Crippen molar-refractivity contribution in [2.75, 3.05) is 18.7 Å². The van der Waals surface area contributed by atoms with Crippen LogP contribution in [0.1, 0.15) is 0 Å². The molecular formula is C8H16ClN3OS. The van der Waals surface area contributed by atoms with Crippen molar-refractivity contribution in [2.45, 2.75) is 4.90 Å². The van der Waals surface area contributed by atoms with Crippen molar-refractivity contribution in [1.29, 1.82) is 0 Å². The molecule has 0 amide bonds. The molecule has 82 valence electrons. The van der Waals surface area contributed by atoms with Gasteiger partial charge in [-0.2, -0.15) is 0 Å². The van der Waals surface area contributed by atoms with Crippen molar-refractivity contribution in [3.63, 3.8) is 0 Å². The van der Waals surface area contributed by atoms with Crippen LogP contribution in [0.2, 0.25) is 0 Å². The highest BCUT2D eigenvalue weighted by Crippen LogP contribution is 2.09. The lowest BCUT2D eigenvalue weighted by Crippen LogP contribution is -2.06. The minimum atomic E-state index is -0.908. The summed E-state index contributed by atoms with van der Waals surface area (Å²) in [6.45, 7) is 0. The maximum atomic E-state index is 10.9.